The minimum Gasteiger partial charge on any atom is -0.478 e. The molecule has 21 heavy (non-hydrogen) atoms. The van der Waals surface area contributed by atoms with Gasteiger partial charge < -0.3 is 15.0 Å². The highest BCUT2D eigenvalue weighted by molar-refractivity contribution is 6.07. The van der Waals surface area contributed by atoms with Crippen molar-refractivity contribution in [3.05, 3.63) is 52.1 Å². The molecule has 0 aliphatic rings. The van der Waals surface area contributed by atoms with E-state index in [1.54, 1.807) is 11.6 Å². The van der Waals surface area contributed by atoms with Crippen molar-refractivity contribution in [2.24, 2.45) is 7.05 Å². The van der Waals surface area contributed by atoms with Crippen LogP contribution in [-0.2, 0) is 7.05 Å². The third-order valence-corrected chi connectivity index (χ3v) is 2.63. The number of rotatable bonds is 4. The Morgan fingerprint density at radius 2 is 2.14 bits per heavy atom. The van der Waals surface area contributed by atoms with Gasteiger partial charge in [-0.15, -0.1) is 0 Å². The minimum absolute atomic E-state index is 0.0698. The molecule has 0 saturated carbocycles. The van der Waals surface area contributed by atoms with E-state index in [0.717, 1.165) is 18.2 Å². The Balaban J connectivity index is 2.37. The van der Waals surface area contributed by atoms with Crippen LogP contribution >= 0.6 is 0 Å². The number of aryl methyl sites for hydroxylation is 1. The molecule has 0 aliphatic heterocycles. The number of carbonyl (C=O) groups is 2. The number of carbonyl (C=O) groups excluding carboxylic acids is 1. The van der Waals surface area contributed by atoms with Gasteiger partial charge in [0.15, 0.2) is 0 Å². The maximum absolute atomic E-state index is 11.9. The van der Waals surface area contributed by atoms with Gasteiger partial charge in [0.25, 0.3) is 11.6 Å². The quantitative estimate of drug-likeness (QED) is 0.644. The largest absolute Gasteiger partial charge is 0.478 e. The van der Waals surface area contributed by atoms with Crippen molar-refractivity contribution in [2.45, 2.75) is 0 Å². The van der Waals surface area contributed by atoms with Gasteiger partial charge in [0.2, 0.25) is 0 Å². The van der Waals surface area contributed by atoms with Crippen molar-refractivity contribution in [3.63, 3.8) is 0 Å². The summed E-state index contributed by atoms with van der Waals surface area (Å²) in [6.45, 7) is 0. The maximum atomic E-state index is 11.9. The first-order valence-corrected chi connectivity index (χ1v) is 5.69. The zero-order valence-corrected chi connectivity index (χ0v) is 10.8. The fraction of sp³-hybridized carbons (Fsp3) is 0.0833. The Kier molecular flexibility index (Phi) is 3.65. The van der Waals surface area contributed by atoms with Crippen LogP contribution in [-0.4, -0.2) is 31.5 Å². The molecule has 108 valence electrons. The zero-order valence-electron chi connectivity index (χ0n) is 10.8. The number of nitro benzene ring substituents is 1. The van der Waals surface area contributed by atoms with Gasteiger partial charge >= 0.3 is 5.97 Å². The molecule has 0 radical (unpaired) electrons. The summed E-state index contributed by atoms with van der Waals surface area (Å²) in [7, 11) is 1.67. The van der Waals surface area contributed by atoms with E-state index in [0.29, 0.717) is 0 Å². The number of hydrogen-bond acceptors (Lipinski definition) is 5. The summed E-state index contributed by atoms with van der Waals surface area (Å²) in [5, 5.41) is 22.1. The molecule has 0 atom stereocenters. The lowest BCUT2D eigenvalue weighted by Crippen LogP contribution is -2.15. The van der Waals surface area contributed by atoms with E-state index < -0.39 is 16.8 Å². The van der Waals surface area contributed by atoms with Crippen LogP contribution in [0.15, 0.2) is 30.7 Å². The van der Waals surface area contributed by atoms with E-state index in [4.69, 9.17) is 5.11 Å². The Labute approximate surface area is 118 Å². The van der Waals surface area contributed by atoms with E-state index in [1.165, 1.54) is 12.5 Å². The number of aromatic nitrogens is 2. The van der Waals surface area contributed by atoms with Crippen LogP contribution in [0.2, 0.25) is 0 Å². The Hall–Kier alpha value is -3.23. The molecule has 0 aliphatic carbocycles. The van der Waals surface area contributed by atoms with Crippen molar-refractivity contribution >= 4 is 23.3 Å². The first kappa shape index (κ1) is 14.2. The number of non-ortho nitro benzene ring substituents is 1. The summed E-state index contributed by atoms with van der Waals surface area (Å²) in [4.78, 5) is 36.9. The lowest BCUT2D eigenvalue weighted by atomic mass is 10.1. The minimum atomic E-state index is -1.30. The Bertz CT molecular complexity index is 737. The zero-order chi connectivity index (χ0) is 15.6. The summed E-state index contributed by atoms with van der Waals surface area (Å²) in [5.74, 6) is -1.96. The van der Waals surface area contributed by atoms with E-state index in [2.05, 4.69) is 10.3 Å². The van der Waals surface area contributed by atoms with Crippen LogP contribution in [0.4, 0.5) is 11.4 Å². The second kappa shape index (κ2) is 5.41. The smallest absolute Gasteiger partial charge is 0.337 e. The van der Waals surface area contributed by atoms with Crippen molar-refractivity contribution in [1.82, 2.24) is 9.55 Å². The molecule has 0 saturated heterocycles. The summed E-state index contributed by atoms with van der Waals surface area (Å²) < 4.78 is 1.54. The molecule has 1 aromatic heterocycles. The lowest BCUT2D eigenvalue weighted by molar-refractivity contribution is -0.384. The van der Waals surface area contributed by atoms with Gasteiger partial charge in [-0.3, -0.25) is 14.9 Å². The lowest BCUT2D eigenvalue weighted by Gasteiger charge is -2.07. The van der Waals surface area contributed by atoms with Crippen molar-refractivity contribution < 1.29 is 19.6 Å². The number of hydrogen-bond donors (Lipinski definition) is 2. The second-order valence-electron chi connectivity index (χ2n) is 4.17. The summed E-state index contributed by atoms with van der Waals surface area (Å²) in [6, 6.07) is 3.11. The fourth-order valence-electron chi connectivity index (χ4n) is 1.65. The summed E-state index contributed by atoms with van der Waals surface area (Å²) in [6.07, 6.45) is 2.84. The normalized spacial score (nSPS) is 10.1. The van der Waals surface area contributed by atoms with Crippen LogP contribution < -0.4 is 5.32 Å². The SMILES string of the molecule is Cn1cnc(C(=O)Nc2cc([N+](=O)[O-])ccc2C(=O)O)c1. The van der Waals surface area contributed by atoms with Crippen LogP contribution in [0.1, 0.15) is 20.8 Å². The van der Waals surface area contributed by atoms with E-state index in [-0.39, 0.29) is 22.6 Å². The Morgan fingerprint density at radius 1 is 1.43 bits per heavy atom. The summed E-state index contributed by atoms with van der Waals surface area (Å²) in [5.41, 5.74) is -0.658. The molecular formula is C12H10N4O5. The van der Waals surface area contributed by atoms with E-state index >= 15 is 0 Å². The molecule has 0 spiro atoms. The van der Waals surface area contributed by atoms with E-state index in [9.17, 15) is 19.7 Å². The molecular weight excluding hydrogens is 280 g/mol. The predicted octanol–water partition coefficient (Wildman–Crippen LogP) is 1.28. The standard InChI is InChI=1S/C12H10N4O5/c1-15-5-10(13-6-15)11(17)14-9-4-7(16(20)21)2-3-8(9)12(18)19/h2-6H,1H3,(H,14,17)(H,18,19). The molecule has 1 aromatic carbocycles. The molecule has 2 N–H and O–H groups in total. The van der Waals surface area contributed by atoms with Gasteiger partial charge in [-0.2, -0.15) is 0 Å². The van der Waals surface area contributed by atoms with Crippen molar-refractivity contribution in [1.29, 1.82) is 0 Å². The highest BCUT2D eigenvalue weighted by Crippen LogP contribution is 2.23. The number of nitro groups is 1. The fourth-order valence-corrected chi connectivity index (χ4v) is 1.65. The number of anilines is 1. The molecule has 0 bridgehead atoms. The molecule has 1 heterocycles. The first-order valence-electron chi connectivity index (χ1n) is 5.69. The third-order valence-electron chi connectivity index (χ3n) is 2.63. The Morgan fingerprint density at radius 3 is 2.67 bits per heavy atom. The number of benzene rings is 1. The highest BCUT2D eigenvalue weighted by Gasteiger charge is 2.18. The molecule has 1 amide bonds. The highest BCUT2D eigenvalue weighted by atomic mass is 16.6. The van der Waals surface area contributed by atoms with Gasteiger partial charge in [0.05, 0.1) is 22.5 Å². The van der Waals surface area contributed by atoms with E-state index in [1.807, 2.05) is 0 Å². The molecule has 9 nitrogen and oxygen atoms in total. The van der Waals surface area contributed by atoms with Gasteiger partial charge in [-0.1, -0.05) is 0 Å². The molecule has 2 aromatic rings. The van der Waals surface area contributed by atoms with Gasteiger partial charge in [0, 0.05) is 25.4 Å². The van der Waals surface area contributed by atoms with Gasteiger partial charge in [0.1, 0.15) is 5.69 Å². The number of nitrogens with one attached hydrogen (secondary N) is 1. The summed E-state index contributed by atoms with van der Waals surface area (Å²) >= 11 is 0. The number of imidazole rings is 1. The molecule has 2 rings (SSSR count). The van der Waals surface area contributed by atoms with Crippen molar-refractivity contribution in [3.8, 4) is 0 Å². The van der Waals surface area contributed by atoms with Gasteiger partial charge in [-0.25, -0.2) is 9.78 Å². The topological polar surface area (TPSA) is 127 Å². The van der Waals surface area contributed by atoms with Crippen LogP contribution in [0, 0.1) is 10.1 Å². The monoisotopic (exact) mass is 290 g/mol. The van der Waals surface area contributed by atoms with Crippen molar-refractivity contribution in [2.75, 3.05) is 5.32 Å². The maximum Gasteiger partial charge on any atom is 0.337 e. The second-order valence-corrected chi connectivity index (χ2v) is 4.17. The number of aromatic carboxylic acids is 1. The average molecular weight is 290 g/mol. The molecule has 0 unspecified atom stereocenters. The predicted molar refractivity (Wildman–Crippen MR) is 71.2 cm³/mol. The number of amides is 1. The number of nitrogens with zero attached hydrogens (tertiary/aromatic N) is 3. The number of carboxylic acids is 1. The molecule has 9 heteroatoms. The molecule has 0 fully saturated rings. The van der Waals surface area contributed by atoms with Crippen LogP contribution in [0.25, 0.3) is 0 Å². The third kappa shape index (κ3) is 3.03. The van der Waals surface area contributed by atoms with Gasteiger partial charge in [-0.05, 0) is 6.07 Å². The van der Waals surface area contributed by atoms with Crippen LogP contribution in [0.5, 0.6) is 0 Å². The average Bonchev–Trinajstić information content (AvgIpc) is 2.85. The van der Waals surface area contributed by atoms with Crippen LogP contribution in [0.3, 0.4) is 0 Å². The number of carboxylic acid groups (broad SMARTS) is 1. The first-order chi connectivity index (χ1) is 9.88.